The molecule has 0 radical (unpaired) electrons. The van der Waals surface area contributed by atoms with Crippen molar-refractivity contribution in [1.29, 1.82) is 0 Å². The third-order valence-corrected chi connectivity index (χ3v) is 7.83. The average molecular weight is 745 g/mol. The Morgan fingerprint density at radius 3 is 2.00 bits per heavy atom. The molecule has 2 aliphatic heterocycles. The first kappa shape index (κ1) is 40.0. The maximum absolute atomic E-state index is 14.0. The molecule has 0 saturated carbocycles. The number of aliphatic imine (C=N–C) groups is 1. The van der Waals surface area contributed by atoms with Crippen LogP contribution in [0.2, 0.25) is 0 Å². The molecule has 0 aliphatic carbocycles. The Morgan fingerprint density at radius 1 is 0.902 bits per heavy atom. The summed E-state index contributed by atoms with van der Waals surface area (Å²) in [6.45, 7) is 1.84. The number of aliphatic carboxylic acids is 1. The van der Waals surface area contributed by atoms with Crippen molar-refractivity contribution in [3.8, 4) is 0 Å². The number of carbonyl (C=O) groups is 1. The Balaban J connectivity index is 0.00000364. The van der Waals surface area contributed by atoms with Crippen molar-refractivity contribution >= 4 is 29.3 Å². The van der Waals surface area contributed by atoms with Crippen LogP contribution in [0, 0.1) is 0 Å². The third-order valence-electron chi connectivity index (χ3n) is 7.83. The molecule has 20 heteroatoms. The van der Waals surface area contributed by atoms with Gasteiger partial charge < -0.3 is 25.8 Å². The number of ether oxygens (including phenoxy) is 2. The molecule has 2 aromatic carbocycles. The summed E-state index contributed by atoms with van der Waals surface area (Å²) in [5.74, 6) is -1.51. The molecular weight excluding hydrogens is 714 g/mol. The molecule has 51 heavy (non-hydrogen) atoms. The van der Waals surface area contributed by atoms with Crippen LogP contribution in [0.25, 0.3) is 0 Å². The summed E-state index contributed by atoms with van der Waals surface area (Å²) < 4.78 is 135. The van der Waals surface area contributed by atoms with Gasteiger partial charge in [0.2, 0.25) is 5.95 Å². The third kappa shape index (κ3) is 9.75. The molecular formula is C31H30F9N6NaO4. The fraction of sp³-hybridized carbons (Fsp3) is 0.419. The zero-order chi connectivity index (χ0) is 36.4. The van der Waals surface area contributed by atoms with Crippen LogP contribution in [0.1, 0.15) is 36.2 Å². The van der Waals surface area contributed by atoms with E-state index in [2.05, 4.69) is 15.0 Å². The monoisotopic (exact) mass is 744 g/mol. The molecule has 2 aliphatic rings. The van der Waals surface area contributed by atoms with Gasteiger partial charge in [-0.25, -0.2) is 19.8 Å². The average Bonchev–Trinajstić information content (AvgIpc) is 3.55. The van der Waals surface area contributed by atoms with Gasteiger partial charge in [-0.05, 0) is 54.4 Å². The largest absolute Gasteiger partial charge is 1.00 e. The van der Waals surface area contributed by atoms with Gasteiger partial charge in [0.05, 0.1) is 53.7 Å². The van der Waals surface area contributed by atoms with Gasteiger partial charge >= 0.3 is 54.1 Å². The fourth-order valence-electron chi connectivity index (χ4n) is 5.39. The van der Waals surface area contributed by atoms with E-state index < -0.39 is 65.9 Å². The Labute approximate surface area is 308 Å². The predicted molar refractivity (Wildman–Crippen MR) is 162 cm³/mol. The molecule has 3 aromatic rings. The first-order chi connectivity index (χ1) is 23.4. The molecule has 1 atom stereocenters. The topological polar surface area (TPSA) is 104 Å². The number of carboxylic acid groups (broad SMARTS) is 1. The van der Waals surface area contributed by atoms with E-state index in [4.69, 9.17) is 9.47 Å². The van der Waals surface area contributed by atoms with Crippen molar-refractivity contribution in [3.05, 3.63) is 76.6 Å². The quantitative estimate of drug-likeness (QED) is 0.261. The van der Waals surface area contributed by atoms with Gasteiger partial charge in [-0.3, -0.25) is 4.90 Å². The van der Waals surface area contributed by atoms with Gasteiger partial charge in [0.15, 0.2) is 6.04 Å². The van der Waals surface area contributed by atoms with Crippen LogP contribution in [-0.2, 0) is 45.9 Å². The minimum absolute atomic E-state index is 0. The number of hydrogen-bond acceptors (Lipinski definition) is 9. The Hall–Kier alpha value is -3.81. The van der Waals surface area contributed by atoms with Gasteiger partial charge in [-0.15, -0.1) is 0 Å². The van der Waals surface area contributed by atoms with Crippen molar-refractivity contribution < 1.29 is 89.9 Å². The second kappa shape index (κ2) is 15.8. The molecule has 3 heterocycles. The van der Waals surface area contributed by atoms with E-state index >= 15 is 0 Å². The Morgan fingerprint density at radius 2 is 1.49 bits per heavy atom. The van der Waals surface area contributed by atoms with Gasteiger partial charge in [0, 0.05) is 32.7 Å². The zero-order valence-electron chi connectivity index (χ0n) is 28.1. The fourth-order valence-corrected chi connectivity index (χ4v) is 5.39. The van der Waals surface area contributed by atoms with Crippen molar-refractivity contribution in [2.24, 2.45) is 4.99 Å². The molecule has 1 fully saturated rings. The second-order valence-corrected chi connectivity index (χ2v) is 11.3. The Bertz CT molecular complexity index is 1690. The summed E-state index contributed by atoms with van der Waals surface area (Å²) >= 11 is 0. The van der Waals surface area contributed by atoms with Gasteiger partial charge in [-0.2, -0.15) is 39.5 Å². The summed E-state index contributed by atoms with van der Waals surface area (Å²) in [5, 5.41) is 9.36. The van der Waals surface area contributed by atoms with E-state index in [9.17, 15) is 49.4 Å². The maximum atomic E-state index is 14.0. The van der Waals surface area contributed by atoms with E-state index in [1.165, 1.54) is 17.3 Å². The molecule has 5 rings (SSSR count). The van der Waals surface area contributed by atoms with E-state index in [1.807, 2.05) is 4.90 Å². The summed E-state index contributed by atoms with van der Waals surface area (Å²) in [7, 11) is 0. The van der Waals surface area contributed by atoms with Crippen molar-refractivity contribution in [1.82, 2.24) is 9.97 Å². The van der Waals surface area contributed by atoms with Crippen LogP contribution in [0.3, 0.4) is 0 Å². The number of halogens is 9. The smallest absolute Gasteiger partial charge is 1.00 e. The zero-order valence-corrected chi connectivity index (χ0v) is 29.1. The number of amidine groups is 1. The number of nitrogens with zero attached hydrogens (tertiary/aromatic N) is 6. The van der Waals surface area contributed by atoms with Crippen LogP contribution in [0.5, 0.6) is 0 Å². The standard InChI is InChI=1S/C31H29F9N6O4.Na.H/c1-2-46(28-43-24(17-50-28)26(47)48)25-4-3-20(29(32,33)34)11-19(25)16-45(27-41-13-23(14-42-27)44-5-7-49-8-6-44)15-18-9-21(30(35,36)37)12-22(10-18)31(38,39)40;;/h3-4,9-14,24H,2,5-8,15-17H2,1H3,(H,47,48);;/q;+1;-1. The number of alkyl halides is 9. The van der Waals surface area contributed by atoms with Crippen molar-refractivity contribution in [2.75, 3.05) is 54.2 Å². The van der Waals surface area contributed by atoms with E-state index in [0.29, 0.717) is 44.1 Å². The summed E-state index contributed by atoms with van der Waals surface area (Å²) in [6.07, 6.45) is -12.4. The van der Waals surface area contributed by atoms with Gasteiger partial charge in [-0.1, -0.05) is 0 Å². The molecule has 1 N–H and O–H groups in total. The van der Waals surface area contributed by atoms with E-state index in [0.717, 1.165) is 23.1 Å². The maximum Gasteiger partial charge on any atom is 1.00 e. The number of benzene rings is 2. The van der Waals surface area contributed by atoms with Crippen molar-refractivity contribution in [2.45, 2.75) is 44.6 Å². The number of carboxylic acids is 1. The second-order valence-electron chi connectivity index (χ2n) is 11.3. The summed E-state index contributed by atoms with van der Waals surface area (Å²) in [6, 6.07) is 2.15. The Kier molecular flexibility index (Phi) is 12.4. The minimum Gasteiger partial charge on any atom is -1.00 e. The molecule has 10 nitrogen and oxygen atoms in total. The first-order valence-electron chi connectivity index (χ1n) is 15.0. The summed E-state index contributed by atoms with van der Waals surface area (Å²) in [4.78, 5) is 28.4. The van der Waals surface area contributed by atoms with Crippen LogP contribution in [-0.4, -0.2) is 72.6 Å². The normalized spacial score (nSPS) is 16.6. The van der Waals surface area contributed by atoms with E-state index in [-0.39, 0.29) is 73.4 Å². The van der Waals surface area contributed by atoms with Crippen LogP contribution >= 0.6 is 0 Å². The van der Waals surface area contributed by atoms with Gasteiger partial charge in [0.25, 0.3) is 6.02 Å². The van der Waals surface area contributed by atoms with Gasteiger partial charge in [0.1, 0.15) is 6.61 Å². The summed E-state index contributed by atoms with van der Waals surface area (Å²) in [5.41, 5.74) is -4.25. The van der Waals surface area contributed by atoms with E-state index in [1.54, 1.807) is 6.92 Å². The minimum atomic E-state index is -5.15. The molecule has 272 valence electrons. The number of anilines is 3. The molecule has 0 spiro atoms. The molecule has 1 saturated heterocycles. The van der Waals surface area contributed by atoms with Crippen LogP contribution in [0.4, 0.5) is 56.8 Å². The van der Waals surface area contributed by atoms with Crippen LogP contribution < -0.4 is 44.3 Å². The number of rotatable bonds is 9. The number of morpholine rings is 1. The molecule has 0 bridgehead atoms. The molecule has 1 unspecified atom stereocenters. The predicted octanol–water partition coefficient (Wildman–Crippen LogP) is 3.36. The SMILES string of the molecule is CCN(C1=NC(C(=O)O)CO1)c1ccc(C(F)(F)F)cc1CN(Cc1cc(C(F)(F)F)cc(C(F)(F)F)c1)c1ncc(N2CCOCC2)cn1.[H-].[Na+]. The first-order valence-corrected chi connectivity index (χ1v) is 15.0. The van der Waals surface area contributed by atoms with Crippen LogP contribution in [0.15, 0.2) is 53.8 Å². The molecule has 1 aromatic heterocycles. The molecule has 0 amide bonds. The number of aromatic nitrogens is 2. The van der Waals surface area contributed by atoms with Crippen molar-refractivity contribution in [3.63, 3.8) is 0 Å². The number of hydrogen-bond donors (Lipinski definition) is 1.